The SMILES string of the molecule is CC1OC(C)(C(=O)O)OCC1CCCCI. The number of alkyl halides is 1. The third-order valence-corrected chi connectivity index (χ3v) is 3.76. The van der Waals surface area contributed by atoms with Crippen molar-refractivity contribution in [2.75, 3.05) is 11.0 Å². The lowest BCUT2D eigenvalue weighted by Gasteiger charge is -2.39. The minimum absolute atomic E-state index is 0.0518. The van der Waals surface area contributed by atoms with E-state index in [1.165, 1.54) is 13.3 Å². The Morgan fingerprint density at radius 3 is 2.75 bits per heavy atom. The van der Waals surface area contributed by atoms with Crippen LogP contribution in [0.15, 0.2) is 0 Å². The van der Waals surface area contributed by atoms with Crippen molar-refractivity contribution < 1.29 is 19.4 Å². The van der Waals surface area contributed by atoms with Gasteiger partial charge in [0.15, 0.2) is 0 Å². The molecule has 16 heavy (non-hydrogen) atoms. The Morgan fingerprint density at radius 1 is 1.56 bits per heavy atom. The lowest BCUT2D eigenvalue weighted by Crippen LogP contribution is -2.51. The van der Waals surface area contributed by atoms with Gasteiger partial charge in [0.2, 0.25) is 0 Å². The van der Waals surface area contributed by atoms with Gasteiger partial charge in [-0.15, -0.1) is 0 Å². The van der Waals surface area contributed by atoms with Gasteiger partial charge in [0, 0.05) is 12.8 Å². The van der Waals surface area contributed by atoms with Crippen LogP contribution < -0.4 is 0 Å². The van der Waals surface area contributed by atoms with Crippen LogP contribution in [0.2, 0.25) is 0 Å². The summed E-state index contributed by atoms with van der Waals surface area (Å²) in [7, 11) is 0. The molecule has 1 N–H and O–H groups in total. The molecule has 0 aromatic carbocycles. The molecule has 1 aliphatic heterocycles. The van der Waals surface area contributed by atoms with Crippen LogP contribution in [0.4, 0.5) is 0 Å². The predicted octanol–water partition coefficient (Wildman–Crippen LogP) is 2.44. The molecule has 0 spiro atoms. The highest BCUT2D eigenvalue weighted by atomic mass is 127. The summed E-state index contributed by atoms with van der Waals surface area (Å²) in [6.45, 7) is 3.87. The number of hydrogen-bond acceptors (Lipinski definition) is 3. The van der Waals surface area contributed by atoms with Crippen molar-refractivity contribution in [1.82, 2.24) is 0 Å². The highest BCUT2D eigenvalue weighted by Crippen LogP contribution is 2.29. The summed E-state index contributed by atoms with van der Waals surface area (Å²) >= 11 is 2.36. The van der Waals surface area contributed by atoms with Gasteiger partial charge in [-0.1, -0.05) is 29.0 Å². The van der Waals surface area contributed by atoms with Crippen LogP contribution in [0.3, 0.4) is 0 Å². The van der Waals surface area contributed by atoms with E-state index in [-0.39, 0.29) is 6.10 Å². The second-order valence-corrected chi connectivity index (χ2v) is 5.41. The molecule has 0 aromatic heterocycles. The molecule has 0 radical (unpaired) electrons. The van der Waals surface area contributed by atoms with E-state index in [2.05, 4.69) is 22.6 Å². The number of carbonyl (C=O) groups is 1. The van der Waals surface area contributed by atoms with Gasteiger partial charge in [0.25, 0.3) is 5.79 Å². The van der Waals surface area contributed by atoms with Gasteiger partial charge in [-0.3, -0.25) is 0 Å². The molecule has 1 fully saturated rings. The molecule has 0 amide bonds. The average molecular weight is 342 g/mol. The molecule has 1 aliphatic rings. The Hall–Kier alpha value is 0.120. The number of halogens is 1. The largest absolute Gasteiger partial charge is 0.477 e. The summed E-state index contributed by atoms with van der Waals surface area (Å²) in [5, 5.41) is 8.96. The van der Waals surface area contributed by atoms with E-state index in [0.29, 0.717) is 12.5 Å². The second kappa shape index (κ2) is 6.16. The maximum atomic E-state index is 10.9. The number of ether oxygens (including phenoxy) is 2. The van der Waals surface area contributed by atoms with Crippen LogP contribution in [0, 0.1) is 5.92 Å². The molecule has 1 heterocycles. The number of carboxylic acids is 1. The summed E-state index contributed by atoms with van der Waals surface area (Å²) in [6, 6.07) is 0. The Labute approximate surface area is 110 Å². The van der Waals surface area contributed by atoms with Crippen LogP contribution in [0.1, 0.15) is 33.1 Å². The number of carboxylic acid groups (broad SMARTS) is 1. The van der Waals surface area contributed by atoms with E-state index < -0.39 is 11.8 Å². The van der Waals surface area contributed by atoms with E-state index in [9.17, 15) is 4.79 Å². The molecular formula is C11H19IO4. The zero-order valence-electron chi connectivity index (χ0n) is 9.74. The first-order chi connectivity index (χ1) is 7.49. The van der Waals surface area contributed by atoms with Crippen molar-refractivity contribution >= 4 is 28.6 Å². The number of unbranched alkanes of at least 4 members (excludes halogenated alkanes) is 1. The van der Waals surface area contributed by atoms with E-state index in [1.807, 2.05) is 6.92 Å². The van der Waals surface area contributed by atoms with E-state index in [4.69, 9.17) is 14.6 Å². The number of rotatable bonds is 5. The first-order valence-corrected chi connectivity index (χ1v) is 7.13. The first-order valence-electron chi connectivity index (χ1n) is 5.60. The lowest BCUT2D eigenvalue weighted by atomic mass is 9.96. The van der Waals surface area contributed by atoms with Gasteiger partial charge in [-0.25, -0.2) is 4.79 Å². The molecular weight excluding hydrogens is 323 g/mol. The molecule has 94 valence electrons. The summed E-state index contributed by atoms with van der Waals surface area (Å²) in [5.41, 5.74) is 0. The van der Waals surface area contributed by atoms with Crippen LogP contribution in [-0.2, 0) is 14.3 Å². The van der Waals surface area contributed by atoms with Gasteiger partial charge in [-0.05, 0) is 24.2 Å². The summed E-state index contributed by atoms with van der Waals surface area (Å²) < 4.78 is 11.9. The molecule has 0 bridgehead atoms. The van der Waals surface area contributed by atoms with Crippen LogP contribution >= 0.6 is 22.6 Å². The predicted molar refractivity (Wildman–Crippen MR) is 68.8 cm³/mol. The van der Waals surface area contributed by atoms with E-state index in [1.54, 1.807) is 0 Å². The van der Waals surface area contributed by atoms with Crippen molar-refractivity contribution in [2.24, 2.45) is 5.92 Å². The lowest BCUT2D eigenvalue weighted by molar-refractivity contribution is -0.292. The minimum atomic E-state index is -1.46. The second-order valence-electron chi connectivity index (χ2n) is 4.33. The van der Waals surface area contributed by atoms with Gasteiger partial charge in [0.1, 0.15) is 0 Å². The third-order valence-electron chi connectivity index (χ3n) is 2.99. The highest BCUT2D eigenvalue weighted by Gasteiger charge is 2.43. The van der Waals surface area contributed by atoms with Crippen molar-refractivity contribution in [3.8, 4) is 0 Å². The number of aliphatic carboxylic acids is 1. The third kappa shape index (κ3) is 3.56. The quantitative estimate of drug-likeness (QED) is 0.474. The smallest absolute Gasteiger partial charge is 0.364 e. The topological polar surface area (TPSA) is 55.8 Å². The fourth-order valence-electron chi connectivity index (χ4n) is 1.82. The number of hydrogen-bond donors (Lipinski definition) is 1. The zero-order valence-corrected chi connectivity index (χ0v) is 11.9. The average Bonchev–Trinajstić information content (AvgIpc) is 2.21. The highest BCUT2D eigenvalue weighted by molar-refractivity contribution is 14.1. The normalized spacial score (nSPS) is 34.9. The fraction of sp³-hybridized carbons (Fsp3) is 0.909. The molecule has 1 saturated heterocycles. The Bertz CT molecular complexity index is 246. The van der Waals surface area contributed by atoms with Gasteiger partial charge >= 0.3 is 5.97 Å². The monoisotopic (exact) mass is 342 g/mol. The molecule has 0 aliphatic carbocycles. The zero-order chi connectivity index (χ0) is 12.2. The van der Waals surface area contributed by atoms with E-state index in [0.717, 1.165) is 17.3 Å². The minimum Gasteiger partial charge on any atom is -0.477 e. The molecule has 1 rings (SSSR count). The first kappa shape index (κ1) is 14.2. The van der Waals surface area contributed by atoms with Gasteiger partial charge < -0.3 is 14.6 Å². The summed E-state index contributed by atoms with van der Waals surface area (Å²) in [6.07, 6.45) is 3.33. The molecule has 4 nitrogen and oxygen atoms in total. The molecule has 3 unspecified atom stereocenters. The Morgan fingerprint density at radius 2 is 2.25 bits per heavy atom. The van der Waals surface area contributed by atoms with Gasteiger partial charge in [0.05, 0.1) is 12.7 Å². The van der Waals surface area contributed by atoms with Crippen molar-refractivity contribution in [1.29, 1.82) is 0 Å². The molecule has 5 heteroatoms. The maximum Gasteiger partial charge on any atom is 0.364 e. The van der Waals surface area contributed by atoms with Crippen LogP contribution in [0.5, 0.6) is 0 Å². The summed E-state index contributed by atoms with van der Waals surface area (Å²) in [4.78, 5) is 10.9. The van der Waals surface area contributed by atoms with Crippen LogP contribution in [-0.4, -0.2) is 34.0 Å². The van der Waals surface area contributed by atoms with E-state index >= 15 is 0 Å². The van der Waals surface area contributed by atoms with Crippen molar-refractivity contribution in [3.63, 3.8) is 0 Å². The van der Waals surface area contributed by atoms with Crippen LogP contribution in [0.25, 0.3) is 0 Å². The fourth-order valence-corrected chi connectivity index (χ4v) is 2.36. The Kier molecular flexibility index (Phi) is 5.46. The Balaban J connectivity index is 2.43. The molecule has 3 atom stereocenters. The molecule has 0 saturated carbocycles. The van der Waals surface area contributed by atoms with Gasteiger partial charge in [-0.2, -0.15) is 0 Å². The summed E-state index contributed by atoms with van der Waals surface area (Å²) in [5.74, 6) is -2.19. The molecule has 0 aromatic rings. The van der Waals surface area contributed by atoms with Crippen molar-refractivity contribution in [3.05, 3.63) is 0 Å². The standard InChI is InChI=1S/C11H19IO4/c1-8-9(5-3-4-6-12)7-15-11(2,16-8)10(13)14/h8-9H,3-7H2,1-2H3,(H,13,14). The van der Waals surface area contributed by atoms with Crippen molar-refractivity contribution in [2.45, 2.75) is 45.0 Å². The maximum absolute atomic E-state index is 10.9.